The van der Waals surface area contributed by atoms with Crippen molar-refractivity contribution in [1.82, 2.24) is 5.32 Å². The standard InChI is InChI=1S/C13H18FIN2O/c1-9(2)6-7-16-12(18)8-17-11-5-3-4-10(14)13(11)15/h3-5,9,17H,6-8H2,1-2H3,(H,16,18). The fraction of sp³-hybridized carbons (Fsp3) is 0.462. The van der Waals surface area contributed by atoms with Crippen molar-refractivity contribution in [3.8, 4) is 0 Å². The fourth-order valence-electron chi connectivity index (χ4n) is 1.38. The summed E-state index contributed by atoms with van der Waals surface area (Å²) < 4.78 is 13.8. The van der Waals surface area contributed by atoms with Gasteiger partial charge in [0.05, 0.1) is 15.8 Å². The highest BCUT2D eigenvalue weighted by Gasteiger charge is 2.06. The Labute approximate surface area is 121 Å². The molecule has 0 aliphatic carbocycles. The van der Waals surface area contributed by atoms with Crippen LogP contribution < -0.4 is 10.6 Å². The van der Waals surface area contributed by atoms with Crippen molar-refractivity contribution >= 4 is 34.2 Å². The van der Waals surface area contributed by atoms with Gasteiger partial charge in [0.25, 0.3) is 0 Å². The molecular formula is C13H18FIN2O. The summed E-state index contributed by atoms with van der Waals surface area (Å²) in [6.07, 6.45) is 0.962. The number of halogens is 2. The van der Waals surface area contributed by atoms with Crippen LogP contribution in [0.3, 0.4) is 0 Å². The van der Waals surface area contributed by atoms with Crippen LogP contribution in [0, 0.1) is 15.3 Å². The zero-order chi connectivity index (χ0) is 13.5. The predicted molar refractivity (Wildman–Crippen MR) is 80.1 cm³/mol. The van der Waals surface area contributed by atoms with Crippen molar-refractivity contribution in [2.75, 3.05) is 18.4 Å². The van der Waals surface area contributed by atoms with E-state index in [9.17, 15) is 9.18 Å². The lowest BCUT2D eigenvalue weighted by Gasteiger charge is -2.10. The summed E-state index contributed by atoms with van der Waals surface area (Å²) >= 11 is 1.92. The number of carbonyl (C=O) groups is 1. The van der Waals surface area contributed by atoms with Crippen molar-refractivity contribution in [3.63, 3.8) is 0 Å². The largest absolute Gasteiger partial charge is 0.375 e. The highest BCUT2D eigenvalue weighted by molar-refractivity contribution is 14.1. The van der Waals surface area contributed by atoms with E-state index in [2.05, 4.69) is 24.5 Å². The molecule has 1 rings (SSSR count). The Bertz CT molecular complexity index is 410. The molecule has 0 bridgehead atoms. The Kier molecular flexibility index (Phi) is 6.38. The summed E-state index contributed by atoms with van der Waals surface area (Å²) in [5, 5.41) is 5.75. The van der Waals surface area contributed by atoms with E-state index in [1.807, 2.05) is 22.6 Å². The third kappa shape index (κ3) is 5.20. The molecule has 1 aromatic rings. The van der Waals surface area contributed by atoms with Gasteiger partial charge >= 0.3 is 0 Å². The molecule has 0 atom stereocenters. The summed E-state index contributed by atoms with van der Waals surface area (Å²) in [5.74, 6) is 0.221. The number of hydrogen-bond donors (Lipinski definition) is 2. The molecule has 0 spiro atoms. The molecule has 1 aromatic carbocycles. The zero-order valence-corrected chi connectivity index (χ0v) is 12.8. The van der Waals surface area contributed by atoms with Gasteiger partial charge in [0.1, 0.15) is 5.82 Å². The van der Waals surface area contributed by atoms with Gasteiger partial charge in [0.2, 0.25) is 5.91 Å². The van der Waals surface area contributed by atoms with Gasteiger partial charge in [-0.25, -0.2) is 4.39 Å². The average molecular weight is 364 g/mol. The Morgan fingerprint density at radius 1 is 1.44 bits per heavy atom. The highest BCUT2D eigenvalue weighted by Crippen LogP contribution is 2.20. The van der Waals surface area contributed by atoms with Crippen LogP contribution >= 0.6 is 22.6 Å². The summed E-state index contributed by atoms with van der Waals surface area (Å²) in [6, 6.07) is 4.78. The van der Waals surface area contributed by atoms with E-state index in [4.69, 9.17) is 0 Å². The van der Waals surface area contributed by atoms with Crippen molar-refractivity contribution < 1.29 is 9.18 Å². The first-order chi connectivity index (χ1) is 8.50. The third-order valence-corrected chi connectivity index (χ3v) is 3.53. The Hall–Kier alpha value is -0.850. The third-order valence-electron chi connectivity index (χ3n) is 2.43. The Morgan fingerprint density at radius 2 is 2.17 bits per heavy atom. The van der Waals surface area contributed by atoms with E-state index < -0.39 is 0 Å². The minimum absolute atomic E-state index is 0.0734. The lowest BCUT2D eigenvalue weighted by atomic mass is 10.1. The van der Waals surface area contributed by atoms with E-state index in [1.54, 1.807) is 12.1 Å². The number of carbonyl (C=O) groups excluding carboxylic acids is 1. The molecule has 0 saturated carbocycles. The highest BCUT2D eigenvalue weighted by atomic mass is 127. The molecular weight excluding hydrogens is 346 g/mol. The topological polar surface area (TPSA) is 41.1 Å². The molecule has 3 nitrogen and oxygen atoms in total. The summed E-state index contributed by atoms with van der Waals surface area (Å²) in [6.45, 7) is 5.06. The Balaban J connectivity index is 2.36. The lowest BCUT2D eigenvalue weighted by Crippen LogP contribution is -2.31. The first kappa shape index (κ1) is 15.2. The minimum Gasteiger partial charge on any atom is -0.375 e. The monoisotopic (exact) mass is 364 g/mol. The number of benzene rings is 1. The smallest absolute Gasteiger partial charge is 0.239 e. The molecule has 0 unspecified atom stereocenters. The minimum atomic E-state index is -0.277. The summed E-state index contributed by atoms with van der Waals surface area (Å²) in [5.41, 5.74) is 0.648. The van der Waals surface area contributed by atoms with Crippen molar-refractivity contribution in [2.24, 2.45) is 5.92 Å². The van der Waals surface area contributed by atoms with E-state index in [0.29, 0.717) is 21.7 Å². The molecule has 0 aliphatic heterocycles. The first-order valence-corrected chi connectivity index (χ1v) is 7.03. The average Bonchev–Trinajstić information content (AvgIpc) is 2.30. The van der Waals surface area contributed by atoms with Gasteiger partial charge in [0, 0.05) is 6.54 Å². The molecule has 0 aromatic heterocycles. The molecule has 18 heavy (non-hydrogen) atoms. The number of hydrogen-bond acceptors (Lipinski definition) is 2. The normalized spacial score (nSPS) is 10.5. The van der Waals surface area contributed by atoms with E-state index in [1.165, 1.54) is 6.07 Å². The van der Waals surface area contributed by atoms with Crippen molar-refractivity contribution in [2.45, 2.75) is 20.3 Å². The summed E-state index contributed by atoms with van der Waals surface area (Å²) in [4.78, 5) is 11.5. The van der Waals surface area contributed by atoms with Gasteiger partial charge in [-0.05, 0) is 47.1 Å². The molecule has 0 fully saturated rings. The maximum atomic E-state index is 13.2. The van der Waals surface area contributed by atoms with Crippen LogP contribution in [0.15, 0.2) is 18.2 Å². The number of rotatable bonds is 6. The van der Waals surface area contributed by atoms with E-state index in [-0.39, 0.29) is 18.3 Å². The van der Waals surface area contributed by atoms with Crippen LogP contribution in [0.4, 0.5) is 10.1 Å². The molecule has 1 amide bonds. The van der Waals surface area contributed by atoms with Crippen LogP contribution in [0.1, 0.15) is 20.3 Å². The maximum absolute atomic E-state index is 13.2. The van der Waals surface area contributed by atoms with Gasteiger partial charge in [-0.3, -0.25) is 4.79 Å². The molecule has 5 heteroatoms. The number of amides is 1. The van der Waals surface area contributed by atoms with Gasteiger partial charge < -0.3 is 10.6 Å². The van der Waals surface area contributed by atoms with Crippen LogP contribution in [0.5, 0.6) is 0 Å². The first-order valence-electron chi connectivity index (χ1n) is 5.95. The quantitative estimate of drug-likeness (QED) is 0.762. The molecule has 100 valence electrons. The second kappa shape index (κ2) is 7.56. The lowest BCUT2D eigenvalue weighted by molar-refractivity contribution is -0.119. The second-order valence-corrected chi connectivity index (χ2v) is 5.57. The van der Waals surface area contributed by atoms with Crippen LogP contribution in [0.2, 0.25) is 0 Å². The molecule has 0 saturated heterocycles. The maximum Gasteiger partial charge on any atom is 0.239 e. The molecule has 2 N–H and O–H groups in total. The van der Waals surface area contributed by atoms with Gasteiger partial charge in [-0.1, -0.05) is 19.9 Å². The number of nitrogens with one attached hydrogen (secondary N) is 2. The molecule has 0 aliphatic rings. The van der Waals surface area contributed by atoms with Crippen molar-refractivity contribution in [1.29, 1.82) is 0 Å². The van der Waals surface area contributed by atoms with E-state index in [0.717, 1.165) is 6.42 Å². The van der Waals surface area contributed by atoms with Gasteiger partial charge in [-0.15, -0.1) is 0 Å². The molecule has 0 heterocycles. The predicted octanol–water partition coefficient (Wildman–Crippen LogP) is 3.00. The number of anilines is 1. The van der Waals surface area contributed by atoms with Crippen LogP contribution in [0.25, 0.3) is 0 Å². The van der Waals surface area contributed by atoms with Gasteiger partial charge in [-0.2, -0.15) is 0 Å². The van der Waals surface area contributed by atoms with Crippen LogP contribution in [-0.4, -0.2) is 19.0 Å². The van der Waals surface area contributed by atoms with Crippen molar-refractivity contribution in [3.05, 3.63) is 27.6 Å². The van der Waals surface area contributed by atoms with E-state index >= 15 is 0 Å². The fourth-order valence-corrected chi connectivity index (χ4v) is 1.93. The van der Waals surface area contributed by atoms with Crippen LogP contribution in [-0.2, 0) is 4.79 Å². The second-order valence-electron chi connectivity index (χ2n) is 4.49. The summed E-state index contributed by atoms with van der Waals surface area (Å²) in [7, 11) is 0. The Morgan fingerprint density at radius 3 is 2.83 bits per heavy atom. The zero-order valence-electron chi connectivity index (χ0n) is 10.6. The molecule has 0 radical (unpaired) electrons. The van der Waals surface area contributed by atoms with Gasteiger partial charge in [0.15, 0.2) is 0 Å². The SMILES string of the molecule is CC(C)CCNC(=O)CNc1cccc(F)c1I.